The largest absolute Gasteiger partial charge is 0.343 e. The van der Waals surface area contributed by atoms with Crippen molar-refractivity contribution < 1.29 is 4.79 Å². The molecule has 0 rings (SSSR count). The van der Waals surface area contributed by atoms with Gasteiger partial charge in [0.15, 0.2) is 0 Å². The van der Waals surface area contributed by atoms with E-state index in [1.165, 1.54) is 38.5 Å². The third-order valence-corrected chi connectivity index (χ3v) is 6.70. The summed E-state index contributed by atoms with van der Waals surface area (Å²) in [6.45, 7) is 12.5. The third-order valence-electron chi connectivity index (χ3n) is 5.06. The molecule has 1 unspecified atom stereocenters. The van der Waals surface area contributed by atoms with Gasteiger partial charge in [0.2, 0.25) is 5.91 Å². The number of nitrogens with zero attached hydrogens (tertiary/aromatic N) is 2. The van der Waals surface area contributed by atoms with Crippen LogP contribution in [-0.2, 0) is 4.79 Å². The topological polar surface area (TPSA) is 49.7 Å². The van der Waals surface area contributed by atoms with Crippen molar-refractivity contribution in [3.63, 3.8) is 0 Å². The van der Waals surface area contributed by atoms with Crippen molar-refractivity contribution >= 4 is 17.7 Å². The number of nitroso groups, excluding NO2 is 1. The second-order valence-corrected chi connectivity index (χ2v) is 10.2. The summed E-state index contributed by atoms with van der Waals surface area (Å²) in [5.41, 5.74) is -0.0849. The average molecular weight is 415 g/mol. The molecule has 0 aromatic rings. The lowest BCUT2D eigenvalue weighted by Crippen LogP contribution is -2.32. The Morgan fingerprint density at radius 3 is 1.86 bits per heavy atom. The van der Waals surface area contributed by atoms with Crippen molar-refractivity contribution in [1.82, 2.24) is 4.90 Å². The van der Waals surface area contributed by atoms with Crippen LogP contribution >= 0.6 is 11.8 Å². The molecule has 0 aromatic heterocycles. The van der Waals surface area contributed by atoms with Crippen LogP contribution in [0.1, 0.15) is 112 Å². The molecule has 28 heavy (non-hydrogen) atoms. The Kier molecular flexibility index (Phi) is 16.9. The van der Waals surface area contributed by atoms with Crippen LogP contribution in [0.4, 0.5) is 0 Å². The van der Waals surface area contributed by atoms with Crippen LogP contribution in [0.25, 0.3) is 0 Å². The highest BCUT2D eigenvalue weighted by atomic mass is 32.2. The maximum absolute atomic E-state index is 12.7. The van der Waals surface area contributed by atoms with Gasteiger partial charge in [0.05, 0.1) is 0 Å². The van der Waals surface area contributed by atoms with E-state index in [-0.39, 0.29) is 10.8 Å². The van der Waals surface area contributed by atoms with E-state index in [9.17, 15) is 9.70 Å². The molecule has 0 aliphatic heterocycles. The maximum atomic E-state index is 12.7. The summed E-state index contributed by atoms with van der Waals surface area (Å²) in [6.07, 6.45) is 13.4. The van der Waals surface area contributed by atoms with Crippen molar-refractivity contribution in [2.75, 3.05) is 18.8 Å². The molecule has 0 saturated heterocycles. The van der Waals surface area contributed by atoms with Crippen LogP contribution in [0, 0.1) is 10.3 Å². The van der Waals surface area contributed by atoms with Gasteiger partial charge < -0.3 is 4.90 Å². The number of carbonyl (C=O) groups excluding carboxylic acids is 1. The lowest BCUT2D eigenvalue weighted by molar-refractivity contribution is -0.131. The van der Waals surface area contributed by atoms with Crippen molar-refractivity contribution in [3.05, 3.63) is 4.91 Å². The van der Waals surface area contributed by atoms with E-state index in [2.05, 4.69) is 44.7 Å². The molecule has 0 N–H and O–H groups in total. The van der Waals surface area contributed by atoms with Gasteiger partial charge in [-0.2, -0.15) is 0 Å². The number of unbranched alkanes of at least 4 members (excludes halogenated alkanes) is 8. The predicted octanol–water partition coefficient (Wildman–Crippen LogP) is 7.41. The highest BCUT2D eigenvalue weighted by molar-refractivity contribution is 7.99. The Bertz CT molecular complexity index is 385. The summed E-state index contributed by atoms with van der Waals surface area (Å²) in [5, 5.41) is 3.08. The van der Waals surface area contributed by atoms with Crippen LogP contribution in [0.15, 0.2) is 5.18 Å². The van der Waals surface area contributed by atoms with E-state index in [4.69, 9.17) is 0 Å². The zero-order valence-electron chi connectivity index (χ0n) is 19.3. The van der Waals surface area contributed by atoms with E-state index in [0.29, 0.717) is 12.3 Å². The highest BCUT2D eigenvalue weighted by Crippen LogP contribution is 2.31. The fraction of sp³-hybridized carbons (Fsp3) is 0.957. The van der Waals surface area contributed by atoms with E-state index >= 15 is 0 Å². The second kappa shape index (κ2) is 17.3. The van der Waals surface area contributed by atoms with Crippen LogP contribution in [0.5, 0.6) is 0 Å². The lowest BCUT2D eigenvalue weighted by atomic mass is 9.97. The van der Waals surface area contributed by atoms with Gasteiger partial charge in [-0.25, -0.2) is 0 Å². The highest BCUT2D eigenvalue weighted by Gasteiger charge is 2.25. The molecule has 166 valence electrons. The van der Waals surface area contributed by atoms with E-state index in [1.54, 1.807) is 11.8 Å². The standard InChI is InChI=1S/C23H46N2O2S/c1-6-8-10-14-18-25(19-15-11-9-7-2)21(26)17-13-12-16-20-28-22(24-27)23(3,4)5/h22H,6-20H2,1-5H3. The molecule has 5 heteroatoms. The van der Waals surface area contributed by atoms with Crippen LogP contribution in [0.3, 0.4) is 0 Å². The summed E-state index contributed by atoms with van der Waals surface area (Å²) in [5.74, 6) is 1.28. The third kappa shape index (κ3) is 14.4. The molecule has 4 nitrogen and oxygen atoms in total. The Balaban J connectivity index is 4.10. The Labute approximate surface area is 179 Å². The van der Waals surface area contributed by atoms with Crippen molar-refractivity contribution in [2.45, 2.75) is 117 Å². The first-order valence-electron chi connectivity index (χ1n) is 11.6. The molecule has 0 aliphatic carbocycles. The number of hydrogen-bond acceptors (Lipinski definition) is 4. The van der Waals surface area contributed by atoms with Gasteiger partial charge in [-0.1, -0.05) is 84.7 Å². The number of rotatable bonds is 18. The van der Waals surface area contributed by atoms with Gasteiger partial charge >= 0.3 is 0 Å². The van der Waals surface area contributed by atoms with Crippen LogP contribution in [-0.4, -0.2) is 35.0 Å². The second-order valence-electron chi connectivity index (χ2n) is 9.01. The Morgan fingerprint density at radius 1 is 0.857 bits per heavy atom. The summed E-state index contributed by atoms with van der Waals surface area (Å²) < 4.78 is 0. The molecule has 0 bridgehead atoms. The average Bonchev–Trinajstić information content (AvgIpc) is 2.64. The smallest absolute Gasteiger partial charge is 0.222 e. The molecule has 0 aliphatic rings. The predicted molar refractivity (Wildman–Crippen MR) is 125 cm³/mol. The van der Waals surface area contributed by atoms with Gasteiger partial charge in [0, 0.05) is 19.5 Å². The SMILES string of the molecule is CCCCCCN(CCCCCC)C(=O)CCCCCSC(N=O)C(C)(C)C. The van der Waals surface area contributed by atoms with E-state index in [1.807, 2.05) is 0 Å². The summed E-state index contributed by atoms with van der Waals surface area (Å²) >= 11 is 1.65. The summed E-state index contributed by atoms with van der Waals surface area (Å²) in [7, 11) is 0. The first kappa shape index (κ1) is 27.4. The zero-order valence-corrected chi connectivity index (χ0v) is 20.1. The van der Waals surface area contributed by atoms with Gasteiger partial charge in [-0.3, -0.25) is 4.79 Å². The van der Waals surface area contributed by atoms with Crippen molar-refractivity contribution in [2.24, 2.45) is 10.6 Å². The minimum atomic E-state index is -0.184. The molecule has 0 saturated carbocycles. The van der Waals surface area contributed by atoms with Crippen molar-refractivity contribution in [1.29, 1.82) is 0 Å². The molecule has 0 radical (unpaired) electrons. The molecule has 0 aromatic carbocycles. The monoisotopic (exact) mass is 414 g/mol. The van der Waals surface area contributed by atoms with Gasteiger partial charge in [-0.05, 0) is 36.9 Å². The lowest BCUT2D eigenvalue weighted by Gasteiger charge is -2.24. The van der Waals surface area contributed by atoms with Crippen LogP contribution < -0.4 is 0 Å². The van der Waals surface area contributed by atoms with Gasteiger partial charge in [-0.15, -0.1) is 16.7 Å². The number of amides is 1. The normalized spacial score (nSPS) is 12.8. The van der Waals surface area contributed by atoms with Crippen molar-refractivity contribution in [3.8, 4) is 0 Å². The number of thioether (sulfide) groups is 1. The molecule has 1 atom stereocenters. The quantitative estimate of drug-likeness (QED) is 0.173. The van der Waals surface area contributed by atoms with Gasteiger partial charge in [0.1, 0.15) is 5.37 Å². The molecule has 1 amide bonds. The fourth-order valence-corrected chi connectivity index (χ4v) is 4.32. The molecular weight excluding hydrogens is 368 g/mol. The molecular formula is C23H46N2O2S. The first-order valence-corrected chi connectivity index (χ1v) is 12.6. The molecule has 0 heterocycles. The number of hydrogen-bond donors (Lipinski definition) is 0. The fourth-order valence-electron chi connectivity index (χ4n) is 3.17. The minimum Gasteiger partial charge on any atom is -0.343 e. The summed E-state index contributed by atoms with van der Waals surface area (Å²) in [6, 6.07) is 0. The Hall–Kier alpha value is -0.580. The minimum absolute atomic E-state index is 0.0849. The summed E-state index contributed by atoms with van der Waals surface area (Å²) in [4.78, 5) is 25.7. The molecule has 0 spiro atoms. The van der Waals surface area contributed by atoms with E-state index in [0.717, 1.165) is 50.9 Å². The van der Waals surface area contributed by atoms with E-state index < -0.39 is 0 Å². The maximum Gasteiger partial charge on any atom is 0.222 e. The zero-order chi connectivity index (χ0) is 21.3. The number of carbonyl (C=O) groups is 1. The van der Waals surface area contributed by atoms with Gasteiger partial charge in [0.25, 0.3) is 0 Å². The molecule has 0 fully saturated rings. The Morgan fingerprint density at radius 2 is 1.39 bits per heavy atom. The first-order chi connectivity index (χ1) is 13.4. The van der Waals surface area contributed by atoms with Crippen LogP contribution in [0.2, 0.25) is 0 Å².